The lowest BCUT2D eigenvalue weighted by molar-refractivity contribution is -0.0504. The van der Waals surface area contributed by atoms with Gasteiger partial charge in [-0.25, -0.2) is 0 Å². The van der Waals surface area contributed by atoms with Crippen molar-refractivity contribution in [1.29, 1.82) is 0 Å². The molecule has 200 valence electrons. The van der Waals surface area contributed by atoms with Crippen LogP contribution in [0.3, 0.4) is 0 Å². The van der Waals surface area contributed by atoms with Gasteiger partial charge in [0, 0.05) is 33.6 Å². The van der Waals surface area contributed by atoms with Crippen LogP contribution in [-0.4, -0.2) is 42.6 Å². The molecule has 1 fully saturated rings. The van der Waals surface area contributed by atoms with Gasteiger partial charge in [0.05, 0.1) is 11.7 Å². The molecule has 1 aliphatic rings. The Morgan fingerprint density at radius 3 is 1.86 bits per heavy atom. The van der Waals surface area contributed by atoms with E-state index >= 15 is 0 Å². The number of likely N-dealkylation sites (tertiary alicyclic amines) is 1. The van der Waals surface area contributed by atoms with Gasteiger partial charge in [0.25, 0.3) is 8.32 Å². The first-order valence-corrected chi connectivity index (χ1v) is 16.9. The summed E-state index contributed by atoms with van der Waals surface area (Å²) in [7, 11) is -2.15. The molecule has 0 spiro atoms. The zero-order valence-electron chi connectivity index (χ0n) is 22.8. The first-order valence-electron chi connectivity index (χ1n) is 13.2. The second-order valence-corrected chi connectivity index (χ2v) is 18.6. The fraction of sp³-hybridized carbons (Fsp3) is 0.586. The summed E-state index contributed by atoms with van der Waals surface area (Å²) in [6.45, 7) is 17.2. The van der Waals surface area contributed by atoms with Gasteiger partial charge >= 0.3 is 0 Å². The second kappa shape index (κ2) is 12.0. The van der Waals surface area contributed by atoms with Gasteiger partial charge in [0.15, 0.2) is 0 Å². The number of hydrogen-bond donors (Lipinski definition) is 2. The van der Waals surface area contributed by atoms with E-state index in [-0.39, 0.29) is 6.04 Å². The minimum absolute atomic E-state index is 0.0956. The number of aliphatic hydroxyl groups is 2. The number of rotatable bonds is 9. The van der Waals surface area contributed by atoms with E-state index in [1.165, 1.54) is 0 Å². The third-order valence-corrected chi connectivity index (χ3v) is 15.2. The monoisotopic (exact) mass is 639 g/mol. The van der Waals surface area contributed by atoms with Crippen LogP contribution in [0.25, 0.3) is 0 Å². The Morgan fingerprint density at radius 1 is 0.861 bits per heavy atom. The SMILES string of the molecule is CC(C(O)c1ccccc1O[Si](C(C)C)(C(C)C)C(C)C)N1CCC(O)(c2cc(Br)cc(Br)c2)CC1. The Morgan fingerprint density at radius 2 is 1.36 bits per heavy atom. The van der Waals surface area contributed by atoms with E-state index in [4.69, 9.17) is 4.43 Å². The molecule has 0 radical (unpaired) electrons. The molecule has 0 aromatic heterocycles. The molecule has 1 saturated heterocycles. The highest BCUT2D eigenvalue weighted by atomic mass is 79.9. The Kier molecular flexibility index (Phi) is 9.95. The van der Waals surface area contributed by atoms with E-state index < -0.39 is 20.0 Å². The highest BCUT2D eigenvalue weighted by molar-refractivity contribution is 9.11. The van der Waals surface area contributed by atoms with Crippen molar-refractivity contribution >= 4 is 40.2 Å². The maximum atomic E-state index is 11.6. The molecule has 0 saturated carbocycles. The maximum absolute atomic E-state index is 11.6. The number of piperidine rings is 1. The predicted molar refractivity (Wildman–Crippen MR) is 159 cm³/mol. The highest BCUT2D eigenvalue weighted by Crippen LogP contribution is 2.45. The van der Waals surface area contributed by atoms with Crippen molar-refractivity contribution in [2.75, 3.05) is 13.1 Å². The first-order chi connectivity index (χ1) is 16.8. The van der Waals surface area contributed by atoms with Gasteiger partial charge in [-0.2, -0.15) is 0 Å². The fourth-order valence-corrected chi connectivity index (χ4v) is 12.8. The topological polar surface area (TPSA) is 52.9 Å². The molecule has 2 atom stereocenters. The first kappa shape index (κ1) is 29.8. The van der Waals surface area contributed by atoms with Crippen molar-refractivity contribution in [2.24, 2.45) is 0 Å². The number of hydrogen-bond acceptors (Lipinski definition) is 4. The number of benzene rings is 2. The second-order valence-electron chi connectivity index (χ2n) is 11.4. The lowest BCUT2D eigenvalue weighted by Gasteiger charge is -2.44. The minimum Gasteiger partial charge on any atom is -0.542 e. The lowest BCUT2D eigenvalue weighted by atomic mass is 9.83. The molecule has 3 rings (SSSR count). The summed E-state index contributed by atoms with van der Waals surface area (Å²) in [6, 6.07) is 13.9. The summed E-state index contributed by atoms with van der Waals surface area (Å²) in [6.07, 6.45) is 0.565. The highest BCUT2D eigenvalue weighted by Gasteiger charge is 2.47. The van der Waals surface area contributed by atoms with Crippen LogP contribution in [-0.2, 0) is 5.60 Å². The van der Waals surface area contributed by atoms with Crippen LogP contribution in [0.1, 0.15) is 78.5 Å². The average molecular weight is 642 g/mol. The van der Waals surface area contributed by atoms with Gasteiger partial charge in [0.2, 0.25) is 0 Å². The molecule has 0 bridgehead atoms. The van der Waals surface area contributed by atoms with E-state index in [0.717, 1.165) is 25.8 Å². The van der Waals surface area contributed by atoms with Gasteiger partial charge in [-0.05, 0) is 66.2 Å². The maximum Gasteiger partial charge on any atom is 0.258 e. The Hall–Kier alpha value is -0.703. The Balaban J connectivity index is 1.79. The van der Waals surface area contributed by atoms with Crippen LogP contribution in [0, 0.1) is 0 Å². The molecule has 2 unspecified atom stereocenters. The minimum atomic E-state index is -2.15. The lowest BCUT2D eigenvalue weighted by Crippen LogP contribution is -2.51. The zero-order valence-corrected chi connectivity index (χ0v) is 26.9. The van der Waals surface area contributed by atoms with Crippen LogP contribution in [0.4, 0.5) is 0 Å². The molecule has 0 amide bonds. The van der Waals surface area contributed by atoms with Gasteiger partial charge in [-0.15, -0.1) is 0 Å². The van der Waals surface area contributed by atoms with Crippen molar-refractivity contribution in [3.05, 3.63) is 62.5 Å². The van der Waals surface area contributed by atoms with E-state index in [1.807, 2.05) is 42.5 Å². The standard InChI is InChI=1S/C29H43Br2NO3Si/c1-19(2)36(20(3)4,21(5)6)35-27-11-9-8-10-26(27)28(33)22(7)32-14-12-29(34,13-15-32)23-16-24(30)18-25(31)17-23/h8-11,16-22,28,33-34H,12-15H2,1-7H3. The van der Waals surface area contributed by atoms with Gasteiger partial charge in [-0.1, -0.05) is 91.6 Å². The molecule has 2 aromatic carbocycles. The van der Waals surface area contributed by atoms with Crippen LogP contribution >= 0.6 is 31.9 Å². The van der Waals surface area contributed by atoms with E-state index in [1.54, 1.807) is 0 Å². The number of nitrogens with zero attached hydrogens (tertiary/aromatic N) is 1. The number of aliphatic hydroxyl groups excluding tert-OH is 1. The number of halogens is 2. The molecule has 1 heterocycles. The summed E-state index contributed by atoms with van der Waals surface area (Å²) in [5, 5.41) is 23.0. The van der Waals surface area contributed by atoms with Gasteiger partial charge in [-0.3, -0.25) is 4.90 Å². The van der Waals surface area contributed by atoms with E-state index in [2.05, 4.69) is 85.2 Å². The number of para-hydroxylation sites is 1. The van der Waals surface area contributed by atoms with Crippen LogP contribution in [0.15, 0.2) is 51.4 Å². The molecule has 2 aromatic rings. The molecule has 7 heteroatoms. The van der Waals surface area contributed by atoms with Crippen molar-refractivity contribution in [3.8, 4) is 5.75 Å². The molecule has 36 heavy (non-hydrogen) atoms. The van der Waals surface area contributed by atoms with Crippen LogP contribution < -0.4 is 4.43 Å². The zero-order chi connectivity index (χ0) is 26.8. The third-order valence-electron chi connectivity index (χ3n) is 8.29. The molecular formula is C29H43Br2NO3Si. The van der Waals surface area contributed by atoms with Crippen molar-refractivity contribution < 1.29 is 14.6 Å². The molecule has 4 nitrogen and oxygen atoms in total. The summed E-state index contributed by atoms with van der Waals surface area (Å²) < 4.78 is 8.90. The largest absolute Gasteiger partial charge is 0.542 e. The summed E-state index contributed by atoms with van der Waals surface area (Å²) in [4.78, 5) is 2.29. The van der Waals surface area contributed by atoms with Crippen LogP contribution in [0.2, 0.25) is 16.6 Å². The molecule has 0 aliphatic carbocycles. The third kappa shape index (κ3) is 6.13. The van der Waals surface area contributed by atoms with Crippen molar-refractivity contribution in [2.45, 2.75) is 95.7 Å². The summed E-state index contributed by atoms with van der Waals surface area (Å²) in [5.41, 5.74) is 2.29. The predicted octanol–water partition coefficient (Wildman–Crippen LogP) is 8.17. The molecule has 2 N–H and O–H groups in total. The Bertz CT molecular complexity index is 979. The fourth-order valence-electron chi connectivity index (χ4n) is 6.23. The van der Waals surface area contributed by atoms with E-state index in [9.17, 15) is 10.2 Å². The van der Waals surface area contributed by atoms with Crippen LogP contribution in [0.5, 0.6) is 5.75 Å². The summed E-state index contributed by atoms with van der Waals surface area (Å²) >= 11 is 7.09. The normalized spacial score (nSPS) is 18.6. The molecular weight excluding hydrogens is 598 g/mol. The average Bonchev–Trinajstić information content (AvgIpc) is 2.81. The van der Waals surface area contributed by atoms with E-state index in [0.29, 0.717) is 42.6 Å². The van der Waals surface area contributed by atoms with Crippen molar-refractivity contribution in [3.63, 3.8) is 0 Å². The smallest absolute Gasteiger partial charge is 0.258 e. The summed E-state index contributed by atoms with van der Waals surface area (Å²) in [5.74, 6) is 0.826. The van der Waals surface area contributed by atoms with Gasteiger partial charge in [0.1, 0.15) is 5.75 Å². The van der Waals surface area contributed by atoms with Gasteiger partial charge < -0.3 is 14.6 Å². The Labute approximate surface area is 235 Å². The molecule has 1 aliphatic heterocycles. The quantitative estimate of drug-likeness (QED) is 0.272. The van der Waals surface area contributed by atoms with Crippen molar-refractivity contribution in [1.82, 2.24) is 4.90 Å².